The molecule has 0 saturated carbocycles. The van der Waals surface area contributed by atoms with E-state index in [1.165, 1.54) is 64.7 Å². The van der Waals surface area contributed by atoms with E-state index in [9.17, 15) is 0 Å². The van der Waals surface area contributed by atoms with Crippen molar-refractivity contribution in [2.75, 3.05) is 0 Å². The van der Waals surface area contributed by atoms with Crippen LogP contribution in [0.4, 0.5) is 0 Å². The minimum atomic E-state index is -0.108. The number of fused-ring (bicyclic) bond motifs is 12. The molecule has 12 rings (SSSR count). The van der Waals surface area contributed by atoms with Gasteiger partial charge >= 0.3 is 0 Å². The first-order chi connectivity index (χ1) is 27.0. The van der Waals surface area contributed by atoms with Crippen molar-refractivity contribution in [1.82, 2.24) is 0 Å². The molecule has 1 unspecified atom stereocenters. The third kappa shape index (κ3) is 4.48. The molecular formula is C52H34O2S. The van der Waals surface area contributed by atoms with Gasteiger partial charge in [0.25, 0.3) is 0 Å². The monoisotopic (exact) mass is 722 g/mol. The quantitative estimate of drug-likeness (QED) is 0.169. The largest absolute Gasteiger partial charge is 0.456 e. The molecule has 11 aromatic rings. The van der Waals surface area contributed by atoms with E-state index in [2.05, 4.69) is 166 Å². The summed E-state index contributed by atoms with van der Waals surface area (Å²) in [6.07, 6.45) is 0. The van der Waals surface area contributed by atoms with Crippen LogP contribution in [0.15, 0.2) is 173 Å². The second-order valence-corrected chi connectivity index (χ2v) is 16.7. The van der Waals surface area contributed by atoms with Crippen molar-refractivity contribution in [1.29, 1.82) is 0 Å². The summed E-state index contributed by atoms with van der Waals surface area (Å²) >= 11 is 1.86. The zero-order chi connectivity index (χ0) is 36.4. The zero-order valence-corrected chi connectivity index (χ0v) is 31.2. The van der Waals surface area contributed by atoms with Crippen LogP contribution in [0.2, 0.25) is 0 Å². The first kappa shape index (κ1) is 31.0. The summed E-state index contributed by atoms with van der Waals surface area (Å²) in [4.78, 5) is 0. The summed E-state index contributed by atoms with van der Waals surface area (Å²) in [5.41, 5.74) is 14.9. The summed E-state index contributed by atoms with van der Waals surface area (Å²) in [6.45, 7) is 4.72. The number of hydrogen-bond donors (Lipinski definition) is 0. The number of hydrogen-bond acceptors (Lipinski definition) is 3. The molecule has 0 bridgehead atoms. The van der Waals surface area contributed by atoms with Gasteiger partial charge in [0, 0.05) is 58.6 Å². The molecule has 0 radical (unpaired) electrons. The highest BCUT2D eigenvalue weighted by Gasteiger charge is 2.36. The van der Waals surface area contributed by atoms with Crippen LogP contribution in [0.25, 0.3) is 86.3 Å². The number of thiophene rings is 1. The normalized spacial score (nSPS) is 14.1. The average molecular weight is 723 g/mol. The predicted molar refractivity (Wildman–Crippen MR) is 231 cm³/mol. The molecule has 1 aliphatic rings. The third-order valence-corrected chi connectivity index (χ3v) is 13.4. The SMILES string of the molecule is CC1(C)c2ccccc2-c2ccc(C(c3ccc(-c4ccc5sc6ccccc6c5c4)cc3)c3cccc4c3oc3cc5c(cc34)oc3ccccc35)cc21. The van der Waals surface area contributed by atoms with Crippen LogP contribution in [0, 0.1) is 0 Å². The van der Waals surface area contributed by atoms with E-state index in [-0.39, 0.29) is 11.3 Å². The fourth-order valence-corrected chi connectivity index (χ4v) is 10.6. The molecule has 0 fully saturated rings. The molecule has 2 nitrogen and oxygen atoms in total. The Morgan fingerprint density at radius 1 is 0.436 bits per heavy atom. The Kier molecular flexibility index (Phi) is 6.37. The van der Waals surface area contributed by atoms with Crippen LogP contribution in [0.5, 0.6) is 0 Å². The van der Waals surface area contributed by atoms with E-state index < -0.39 is 0 Å². The fraction of sp³-hybridized carbons (Fsp3) is 0.0769. The molecule has 0 saturated heterocycles. The molecule has 3 heteroatoms. The van der Waals surface area contributed by atoms with Crippen LogP contribution < -0.4 is 0 Å². The number of furan rings is 2. The van der Waals surface area contributed by atoms with Crippen LogP contribution in [0.3, 0.4) is 0 Å². The second-order valence-electron chi connectivity index (χ2n) is 15.6. The molecule has 0 aliphatic heterocycles. The summed E-state index contributed by atoms with van der Waals surface area (Å²) in [6, 6.07) is 60.0. The Labute approximate surface area is 321 Å². The van der Waals surface area contributed by atoms with Crippen LogP contribution >= 0.6 is 11.3 Å². The van der Waals surface area contributed by atoms with Gasteiger partial charge in [-0.15, -0.1) is 11.3 Å². The Bertz CT molecular complexity index is 3350. The van der Waals surface area contributed by atoms with Crippen molar-refractivity contribution in [3.8, 4) is 22.3 Å². The molecule has 8 aromatic carbocycles. The van der Waals surface area contributed by atoms with Crippen LogP contribution in [0.1, 0.15) is 47.6 Å². The smallest absolute Gasteiger partial charge is 0.139 e. The van der Waals surface area contributed by atoms with E-state index in [1.54, 1.807) is 0 Å². The molecule has 0 amide bonds. The molecule has 3 aromatic heterocycles. The minimum absolute atomic E-state index is 0.0600. The lowest BCUT2D eigenvalue weighted by Gasteiger charge is -2.25. The first-order valence-electron chi connectivity index (χ1n) is 19.0. The lowest BCUT2D eigenvalue weighted by molar-refractivity contribution is 0.655. The maximum Gasteiger partial charge on any atom is 0.139 e. The highest BCUT2D eigenvalue weighted by Crippen LogP contribution is 2.51. The van der Waals surface area contributed by atoms with Crippen molar-refractivity contribution in [3.63, 3.8) is 0 Å². The van der Waals surface area contributed by atoms with Gasteiger partial charge in [-0.3, -0.25) is 0 Å². The van der Waals surface area contributed by atoms with Crippen LogP contribution in [-0.4, -0.2) is 0 Å². The predicted octanol–water partition coefficient (Wildman–Crippen LogP) is 15.0. The van der Waals surface area contributed by atoms with E-state index in [0.29, 0.717) is 0 Å². The van der Waals surface area contributed by atoms with Crippen molar-refractivity contribution < 1.29 is 8.83 Å². The lowest BCUT2D eigenvalue weighted by Crippen LogP contribution is -2.15. The fourth-order valence-electron chi connectivity index (χ4n) is 9.49. The van der Waals surface area contributed by atoms with Crippen LogP contribution in [-0.2, 0) is 5.41 Å². The molecule has 3 heterocycles. The lowest BCUT2D eigenvalue weighted by atomic mass is 9.78. The number of benzene rings is 8. The molecule has 0 spiro atoms. The summed E-state index contributed by atoms with van der Waals surface area (Å²) in [5, 5.41) is 6.98. The Morgan fingerprint density at radius 3 is 2.00 bits per heavy atom. The molecule has 260 valence electrons. The molecule has 55 heavy (non-hydrogen) atoms. The molecule has 1 aliphatic carbocycles. The van der Waals surface area contributed by atoms with Gasteiger partial charge in [-0.1, -0.05) is 141 Å². The van der Waals surface area contributed by atoms with Gasteiger partial charge in [-0.25, -0.2) is 0 Å². The maximum atomic E-state index is 6.94. The Balaban J connectivity index is 1.04. The minimum Gasteiger partial charge on any atom is -0.456 e. The number of rotatable bonds is 4. The highest BCUT2D eigenvalue weighted by atomic mass is 32.1. The van der Waals surface area contributed by atoms with Gasteiger partial charge in [0.2, 0.25) is 0 Å². The maximum absolute atomic E-state index is 6.94. The van der Waals surface area contributed by atoms with Crippen molar-refractivity contribution in [2.45, 2.75) is 25.2 Å². The van der Waals surface area contributed by atoms with Gasteiger partial charge < -0.3 is 8.83 Å². The standard InChI is InChI=1S/C52H34O2S/c1-52(2)43-15-6-3-10-34(43)35-24-22-33(27-44(35)52)50(31-20-18-30(19-21-31)32-23-25-49-42(26-32)37-12-5-8-17-48(37)55-49)39-14-9-13-38-41-29-46-40(28-47(41)54-51(38)39)36-11-4-7-16-45(36)53-46/h3-29,50H,1-2H3. The zero-order valence-electron chi connectivity index (χ0n) is 30.4. The van der Waals surface area contributed by atoms with E-state index in [4.69, 9.17) is 8.83 Å². The Hall–Kier alpha value is -6.42. The van der Waals surface area contributed by atoms with Crippen molar-refractivity contribution >= 4 is 75.4 Å². The topological polar surface area (TPSA) is 26.3 Å². The molecular weight excluding hydrogens is 689 g/mol. The molecule has 0 N–H and O–H groups in total. The van der Waals surface area contributed by atoms with Gasteiger partial charge in [-0.2, -0.15) is 0 Å². The van der Waals surface area contributed by atoms with Gasteiger partial charge in [-0.05, 0) is 80.9 Å². The average Bonchev–Trinajstić information content (AvgIpc) is 3.95. The van der Waals surface area contributed by atoms with E-state index >= 15 is 0 Å². The van der Waals surface area contributed by atoms with Gasteiger partial charge in [0.1, 0.15) is 22.3 Å². The summed E-state index contributed by atoms with van der Waals surface area (Å²) in [5.74, 6) is -0.0600. The van der Waals surface area contributed by atoms with Crippen molar-refractivity contribution in [3.05, 3.63) is 192 Å². The van der Waals surface area contributed by atoms with E-state index in [0.717, 1.165) is 49.4 Å². The highest BCUT2D eigenvalue weighted by molar-refractivity contribution is 7.25. The Morgan fingerprint density at radius 2 is 1.11 bits per heavy atom. The molecule has 1 atom stereocenters. The second kappa shape index (κ2) is 11.3. The third-order valence-electron chi connectivity index (χ3n) is 12.2. The van der Waals surface area contributed by atoms with E-state index in [1.807, 2.05) is 23.5 Å². The van der Waals surface area contributed by atoms with Crippen molar-refractivity contribution in [2.24, 2.45) is 0 Å². The number of para-hydroxylation sites is 2. The van der Waals surface area contributed by atoms with Gasteiger partial charge in [0.15, 0.2) is 0 Å². The summed E-state index contributed by atoms with van der Waals surface area (Å²) in [7, 11) is 0. The van der Waals surface area contributed by atoms with Gasteiger partial charge in [0.05, 0.1) is 0 Å². The summed E-state index contributed by atoms with van der Waals surface area (Å²) < 4.78 is 15.9. The first-order valence-corrected chi connectivity index (χ1v) is 19.8.